The molecule has 3 saturated carbocycles. The molecule has 2 aliphatic heterocycles. The van der Waals surface area contributed by atoms with Crippen molar-refractivity contribution in [3.05, 3.63) is 52.3 Å². The molecule has 4 fully saturated rings. The first-order valence-corrected chi connectivity index (χ1v) is 17.5. The fourth-order valence-corrected chi connectivity index (χ4v) is 9.63. The first-order valence-electron chi connectivity index (χ1n) is 16.0. The summed E-state index contributed by atoms with van der Waals surface area (Å²) in [5, 5.41) is 7.36. The van der Waals surface area contributed by atoms with Crippen molar-refractivity contribution in [1.29, 1.82) is 0 Å². The monoisotopic (exact) mass is 633 g/mol. The van der Waals surface area contributed by atoms with Crippen molar-refractivity contribution in [1.82, 2.24) is 24.5 Å². The number of ether oxygens (including phenoxy) is 1. The topological polar surface area (TPSA) is 151 Å². The molecule has 0 radical (unpaired) electrons. The summed E-state index contributed by atoms with van der Waals surface area (Å²) in [5.74, 6) is 2.02. The number of nitrogens with zero attached hydrogens (tertiary/aromatic N) is 4. The lowest BCUT2D eigenvalue weighted by atomic mass is 9.93. The lowest BCUT2D eigenvalue weighted by Gasteiger charge is -2.34. The maximum atomic E-state index is 13.6. The number of H-pyrrole nitrogens is 1. The second kappa shape index (κ2) is 9.81. The highest BCUT2D eigenvalue weighted by Crippen LogP contribution is 2.93. The van der Waals surface area contributed by atoms with Gasteiger partial charge in [-0.15, -0.1) is 5.10 Å². The van der Waals surface area contributed by atoms with E-state index in [9.17, 15) is 18.0 Å². The molecule has 3 aromatic heterocycles. The average Bonchev–Trinajstić information content (AvgIpc) is 3.94. The minimum Gasteiger partial charge on any atom is -0.477 e. The number of nitrogens with one attached hydrogen (secondary N) is 3. The molecule has 238 valence electrons. The number of carbonyl (C=O) groups is 1. The van der Waals surface area contributed by atoms with Gasteiger partial charge in [-0.2, -0.15) is 8.42 Å². The summed E-state index contributed by atoms with van der Waals surface area (Å²) in [4.78, 5) is 35.7. The lowest BCUT2D eigenvalue weighted by molar-refractivity contribution is 0.0981. The predicted molar refractivity (Wildman–Crippen MR) is 167 cm³/mol. The maximum absolute atomic E-state index is 13.6. The second-order valence-corrected chi connectivity index (χ2v) is 15.9. The van der Waals surface area contributed by atoms with E-state index in [0.717, 1.165) is 37.7 Å². The number of rotatable bonds is 5. The van der Waals surface area contributed by atoms with E-state index < -0.39 is 21.4 Å². The fourth-order valence-electron chi connectivity index (χ4n) is 8.65. The number of sulfonamides is 1. The van der Waals surface area contributed by atoms with E-state index >= 15 is 0 Å². The number of anilines is 2. The zero-order valence-electron chi connectivity index (χ0n) is 25.6. The molecule has 13 heteroatoms. The molecule has 3 aromatic rings. The molecule has 2 spiro atoms. The van der Waals surface area contributed by atoms with Gasteiger partial charge in [0.15, 0.2) is 16.3 Å². The van der Waals surface area contributed by atoms with E-state index in [4.69, 9.17) is 9.72 Å². The molecule has 5 heterocycles. The van der Waals surface area contributed by atoms with Gasteiger partial charge in [-0.25, -0.2) is 14.4 Å². The molecule has 12 nitrogen and oxygen atoms in total. The van der Waals surface area contributed by atoms with Gasteiger partial charge >= 0.3 is 0 Å². The number of hydrogen-bond acceptors (Lipinski definition) is 9. The number of pyridine rings is 2. The van der Waals surface area contributed by atoms with E-state index in [1.807, 2.05) is 6.07 Å². The van der Waals surface area contributed by atoms with Gasteiger partial charge < -0.3 is 19.9 Å². The Hall–Kier alpha value is -3.87. The van der Waals surface area contributed by atoms with E-state index in [2.05, 4.69) is 38.9 Å². The third kappa shape index (κ3) is 4.81. The Labute approximate surface area is 262 Å². The van der Waals surface area contributed by atoms with Crippen molar-refractivity contribution in [2.24, 2.45) is 22.7 Å². The van der Waals surface area contributed by atoms with Crippen molar-refractivity contribution in [3.8, 4) is 11.7 Å². The largest absolute Gasteiger partial charge is 0.477 e. The van der Waals surface area contributed by atoms with Gasteiger partial charge in [-0.3, -0.25) is 9.59 Å². The minimum atomic E-state index is -4.39. The molecule has 4 bridgehead atoms. The van der Waals surface area contributed by atoms with Crippen LogP contribution in [0, 0.1) is 22.7 Å². The van der Waals surface area contributed by atoms with Crippen molar-refractivity contribution in [2.75, 3.05) is 29.9 Å². The SMILES string of the molecule is CC1(C)C[C@@H]2CCCNc3cc(=O)cc([nH]3)S(=O)(=O)NC(=O)c3ccc(-n4ccc(OCCC5C6(CC6)C56CC6)n4)nc3N1C2. The lowest BCUT2D eigenvalue weighted by Crippen LogP contribution is -2.41. The molecule has 45 heavy (non-hydrogen) atoms. The van der Waals surface area contributed by atoms with Crippen LogP contribution in [0.15, 0.2) is 46.3 Å². The molecule has 1 saturated heterocycles. The van der Waals surface area contributed by atoms with Crippen LogP contribution in [-0.2, 0) is 10.0 Å². The number of amides is 1. The van der Waals surface area contributed by atoms with Crippen LogP contribution < -0.4 is 25.1 Å². The fraction of sp³-hybridized carbons (Fsp3) is 0.562. The van der Waals surface area contributed by atoms with Gasteiger partial charge in [0.2, 0.25) is 5.88 Å². The number of aromatic nitrogens is 4. The first-order chi connectivity index (χ1) is 21.5. The van der Waals surface area contributed by atoms with Crippen LogP contribution in [0.4, 0.5) is 11.6 Å². The zero-order chi connectivity index (χ0) is 31.2. The van der Waals surface area contributed by atoms with Crippen LogP contribution in [0.1, 0.15) is 75.6 Å². The van der Waals surface area contributed by atoms with E-state index in [0.29, 0.717) is 59.8 Å². The summed E-state index contributed by atoms with van der Waals surface area (Å²) in [5.41, 5.74) is 0.614. The van der Waals surface area contributed by atoms with Crippen LogP contribution in [-0.4, -0.2) is 59.3 Å². The Bertz CT molecular complexity index is 1840. The molecular formula is C32H39N7O5S. The Morgan fingerprint density at radius 1 is 1.07 bits per heavy atom. The molecular weight excluding hydrogens is 594 g/mol. The normalized spacial score (nSPS) is 25.1. The van der Waals surface area contributed by atoms with Gasteiger partial charge in [-0.1, -0.05) is 0 Å². The summed E-state index contributed by atoms with van der Waals surface area (Å²) in [6, 6.07) is 7.34. The van der Waals surface area contributed by atoms with Crippen LogP contribution in [0.3, 0.4) is 0 Å². The molecule has 5 aliphatic rings. The van der Waals surface area contributed by atoms with Gasteiger partial charge in [0.25, 0.3) is 15.9 Å². The van der Waals surface area contributed by atoms with Crippen molar-refractivity contribution < 1.29 is 17.9 Å². The van der Waals surface area contributed by atoms with Gasteiger partial charge in [0.05, 0.1) is 12.2 Å². The maximum Gasteiger partial charge on any atom is 0.279 e. The molecule has 1 atom stereocenters. The summed E-state index contributed by atoms with van der Waals surface area (Å²) >= 11 is 0. The summed E-state index contributed by atoms with van der Waals surface area (Å²) in [6.45, 7) is 6.11. The Morgan fingerprint density at radius 2 is 1.84 bits per heavy atom. The van der Waals surface area contributed by atoms with Crippen LogP contribution in [0.25, 0.3) is 5.82 Å². The van der Waals surface area contributed by atoms with E-state index in [-0.39, 0.29) is 16.1 Å². The predicted octanol–water partition coefficient (Wildman–Crippen LogP) is 3.84. The highest BCUT2D eigenvalue weighted by Gasteiger charge is 2.85. The first kappa shape index (κ1) is 28.6. The Morgan fingerprint density at radius 3 is 2.60 bits per heavy atom. The van der Waals surface area contributed by atoms with Crippen molar-refractivity contribution in [3.63, 3.8) is 0 Å². The molecule has 3 N–H and O–H groups in total. The number of aromatic amines is 1. The molecule has 8 rings (SSSR count). The molecule has 1 amide bonds. The zero-order valence-corrected chi connectivity index (χ0v) is 26.5. The Kier molecular flexibility index (Phi) is 6.24. The van der Waals surface area contributed by atoms with Gasteiger partial charge in [-0.05, 0) is 100 Å². The third-order valence-corrected chi connectivity index (χ3v) is 12.3. The van der Waals surface area contributed by atoms with Crippen LogP contribution in [0.2, 0.25) is 0 Å². The highest BCUT2D eigenvalue weighted by atomic mass is 32.2. The molecule has 0 unspecified atom stereocenters. The molecule has 3 aliphatic carbocycles. The minimum absolute atomic E-state index is 0.124. The summed E-state index contributed by atoms with van der Waals surface area (Å²) in [6.07, 6.45) is 11.0. The highest BCUT2D eigenvalue weighted by molar-refractivity contribution is 7.90. The van der Waals surface area contributed by atoms with E-state index in [1.54, 1.807) is 23.0 Å². The van der Waals surface area contributed by atoms with Crippen molar-refractivity contribution in [2.45, 2.75) is 75.8 Å². The summed E-state index contributed by atoms with van der Waals surface area (Å²) < 4.78 is 36.4. The van der Waals surface area contributed by atoms with E-state index in [1.165, 1.54) is 31.7 Å². The number of hydrogen-bond donors (Lipinski definition) is 3. The standard InChI is InChI=1S/C32H39N7O5S/c1-30(2)18-20-4-3-13-33-24-16-21(40)17-27(34-24)45(42,43)37-29(41)22-5-6-25(35-28(22)38(30)19-20)39-14-7-26(36-39)44-15-8-23-31(9-10-31)32(23)11-12-32/h5-7,14,16-17,20,23H,3-4,8-13,15,18-19H2,1-2H3,(H,37,41)(H2,33,34,40)/t20-/m0/s1. The van der Waals surface area contributed by atoms with Crippen LogP contribution in [0.5, 0.6) is 5.88 Å². The third-order valence-electron chi connectivity index (χ3n) is 11.0. The Balaban J connectivity index is 1.08. The quantitative estimate of drug-likeness (QED) is 0.381. The molecule has 0 aromatic carbocycles. The van der Waals surface area contributed by atoms with Gasteiger partial charge in [0, 0.05) is 43.0 Å². The van der Waals surface area contributed by atoms with Crippen LogP contribution >= 0.6 is 0 Å². The average molecular weight is 634 g/mol. The number of fused-ring (bicyclic) bond motifs is 7. The van der Waals surface area contributed by atoms with Crippen molar-refractivity contribution >= 4 is 27.6 Å². The summed E-state index contributed by atoms with van der Waals surface area (Å²) in [7, 11) is -4.39. The number of carbonyl (C=O) groups excluding carboxylic acids is 1. The second-order valence-electron chi connectivity index (χ2n) is 14.2. The smallest absolute Gasteiger partial charge is 0.279 e. The van der Waals surface area contributed by atoms with Gasteiger partial charge in [0.1, 0.15) is 11.6 Å².